The van der Waals surface area contributed by atoms with Crippen molar-refractivity contribution in [1.29, 1.82) is 0 Å². The first kappa shape index (κ1) is 17.9. The molecule has 2 saturated heterocycles. The van der Waals surface area contributed by atoms with Crippen molar-refractivity contribution in [2.75, 3.05) is 25.0 Å². The highest BCUT2D eigenvalue weighted by molar-refractivity contribution is 5.91. The molecule has 2 heterocycles. The second-order valence-corrected chi connectivity index (χ2v) is 7.20. The molecule has 0 aromatic heterocycles. The van der Waals surface area contributed by atoms with Gasteiger partial charge in [-0.3, -0.25) is 14.5 Å². The number of rotatable bonds is 6. The molecule has 0 bridgehead atoms. The molecule has 1 atom stereocenters. The number of anilines is 1. The maximum absolute atomic E-state index is 12.2. The van der Waals surface area contributed by atoms with Crippen molar-refractivity contribution in [3.63, 3.8) is 0 Å². The molecule has 3 rings (SSSR count). The maximum atomic E-state index is 12.2. The lowest BCUT2D eigenvalue weighted by Gasteiger charge is -2.30. The molecule has 6 nitrogen and oxygen atoms in total. The molecule has 0 saturated carbocycles. The number of primary amides is 1. The largest absolute Gasteiger partial charge is 0.369 e. The van der Waals surface area contributed by atoms with Crippen molar-refractivity contribution in [2.45, 2.75) is 44.7 Å². The number of carbonyl (C=O) groups excluding carboxylic acids is 2. The van der Waals surface area contributed by atoms with Gasteiger partial charge >= 0.3 is 0 Å². The average Bonchev–Trinajstić information content (AvgIpc) is 3.08. The third kappa shape index (κ3) is 5.28. The molecular formula is C19H28N4O2. The van der Waals surface area contributed by atoms with Crippen molar-refractivity contribution >= 4 is 17.5 Å². The van der Waals surface area contributed by atoms with Crippen LogP contribution in [-0.4, -0.2) is 42.4 Å². The highest BCUT2D eigenvalue weighted by Crippen LogP contribution is 2.20. The van der Waals surface area contributed by atoms with Crippen LogP contribution in [0.2, 0.25) is 0 Å². The van der Waals surface area contributed by atoms with Crippen LogP contribution in [-0.2, 0) is 16.1 Å². The van der Waals surface area contributed by atoms with Gasteiger partial charge in [-0.15, -0.1) is 0 Å². The van der Waals surface area contributed by atoms with Crippen molar-refractivity contribution in [3.8, 4) is 0 Å². The molecule has 1 unspecified atom stereocenters. The van der Waals surface area contributed by atoms with Gasteiger partial charge in [-0.1, -0.05) is 12.1 Å². The number of carbonyl (C=O) groups is 2. The lowest BCUT2D eigenvalue weighted by Crippen LogP contribution is -2.38. The zero-order valence-electron chi connectivity index (χ0n) is 14.7. The minimum Gasteiger partial charge on any atom is -0.369 e. The van der Waals surface area contributed by atoms with Gasteiger partial charge in [0.15, 0.2) is 0 Å². The number of likely N-dealkylation sites (tertiary alicyclic amines) is 1. The van der Waals surface area contributed by atoms with E-state index in [4.69, 9.17) is 5.73 Å². The molecule has 4 N–H and O–H groups in total. The Balaban J connectivity index is 1.49. The van der Waals surface area contributed by atoms with Crippen LogP contribution in [0, 0.1) is 5.92 Å². The van der Waals surface area contributed by atoms with Crippen LogP contribution < -0.4 is 16.4 Å². The Kier molecular flexibility index (Phi) is 6.04. The fourth-order valence-electron chi connectivity index (χ4n) is 3.75. The summed E-state index contributed by atoms with van der Waals surface area (Å²) in [5.41, 5.74) is 7.42. The number of hydrogen-bond donors (Lipinski definition) is 3. The summed E-state index contributed by atoms with van der Waals surface area (Å²) in [6, 6.07) is 8.35. The van der Waals surface area contributed by atoms with Crippen LogP contribution in [0.5, 0.6) is 0 Å². The first-order valence-electron chi connectivity index (χ1n) is 9.24. The van der Waals surface area contributed by atoms with Gasteiger partial charge in [0.2, 0.25) is 11.8 Å². The Morgan fingerprint density at radius 1 is 1.24 bits per heavy atom. The SMILES string of the molecule is NC(=O)C1CCN(Cc2cccc(NC(=O)CC3CCCN3)c2)CC1. The van der Waals surface area contributed by atoms with E-state index >= 15 is 0 Å². The van der Waals surface area contributed by atoms with Gasteiger partial charge in [-0.25, -0.2) is 0 Å². The molecule has 0 spiro atoms. The number of nitrogens with one attached hydrogen (secondary N) is 2. The van der Waals surface area contributed by atoms with E-state index in [1.165, 1.54) is 5.56 Å². The summed E-state index contributed by atoms with van der Waals surface area (Å²) in [7, 11) is 0. The normalized spacial score (nSPS) is 22.0. The topological polar surface area (TPSA) is 87.5 Å². The van der Waals surface area contributed by atoms with Crippen LogP contribution >= 0.6 is 0 Å². The van der Waals surface area contributed by atoms with Crippen LogP contribution in [0.15, 0.2) is 24.3 Å². The van der Waals surface area contributed by atoms with Crippen molar-refractivity contribution in [1.82, 2.24) is 10.2 Å². The molecule has 1 aromatic rings. The first-order chi connectivity index (χ1) is 12.1. The quantitative estimate of drug-likeness (QED) is 0.729. The lowest BCUT2D eigenvalue weighted by atomic mass is 9.96. The predicted octanol–water partition coefficient (Wildman–Crippen LogP) is 1.46. The molecular weight excluding hydrogens is 316 g/mol. The summed E-state index contributed by atoms with van der Waals surface area (Å²) in [5, 5.41) is 6.36. The molecule has 1 aromatic carbocycles. The maximum Gasteiger partial charge on any atom is 0.225 e. The number of nitrogens with zero attached hydrogens (tertiary/aromatic N) is 1. The molecule has 2 amide bonds. The van der Waals surface area contributed by atoms with E-state index in [1.807, 2.05) is 18.2 Å². The molecule has 136 valence electrons. The van der Waals surface area contributed by atoms with E-state index in [0.717, 1.165) is 57.5 Å². The Hall–Kier alpha value is -1.92. The first-order valence-corrected chi connectivity index (χ1v) is 9.24. The van der Waals surface area contributed by atoms with Crippen molar-refractivity contribution in [2.24, 2.45) is 11.7 Å². The highest BCUT2D eigenvalue weighted by atomic mass is 16.2. The second-order valence-electron chi connectivity index (χ2n) is 7.20. The lowest BCUT2D eigenvalue weighted by molar-refractivity contribution is -0.123. The molecule has 0 aliphatic carbocycles. The number of nitrogens with two attached hydrogens (primary N) is 1. The number of piperidine rings is 1. The Bertz CT molecular complexity index is 605. The summed E-state index contributed by atoms with van der Waals surface area (Å²) >= 11 is 0. The average molecular weight is 344 g/mol. The summed E-state index contributed by atoms with van der Waals surface area (Å²) in [6.45, 7) is 3.62. The molecule has 2 aliphatic rings. The summed E-state index contributed by atoms with van der Waals surface area (Å²) < 4.78 is 0. The standard InChI is InChI=1S/C19H28N4O2/c20-19(25)15-6-9-23(10-7-15)13-14-3-1-4-17(11-14)22-18(24)12-16-5-2-8-21-16/h1,3-4,11,15-16,21H,2,5-10,12-13H2,(H2,20,25)(H,22,24). The van der Waals surface area contributed by atoms with Gasteiger partial charge in [-0.05, 0) is 63.0 Å². The predicted molar refractivity (Wildman–Crippen MR) is 97.9 cm³/mol. The minimum absolute atomic E-state index is 0.0195. The summed E-state index contributed by atoms with van der Waals surface area (Å²) in [6.07, 6.45) is 4.43. The Morgan fingerprint density at radius 2 is 2.04 bits per heavy atom. The van der Waals surface area contributed by atoms with E-state index in [9.17, 15) is 9.59 Å². The van der Waals surface area contributed by atoms with Crippen LogP contribution in [0.25, 0.3) is 0 Å². The minimum atomic E-state index is -0.180. The van der Waals surface area contributed by atoms with Gasteiger partial charge in [0.25, 0.3) is 0 Å². The van der Waals surface area contributed by atoms with Gasteiger partial charge in [0.1, 0.15) is 0 Å². The smallest absolute Gasteiger partial charge is 0.225 e. The van der Waals surface area contributed by atoms with E-state index in [2.05, 4.69) is 21.6 Å². The van der Waals surface area contributed by atoms with Gasteiger partial charge in [-0.2, -0.15) is 0 Å². The molecule has 2 fully saturated rings. The van der Waals surface area contributed by atoms with Gasteiger partial charge in [0, 0.05) is 30.6 Å². The highest BCUT2D eigenvalue weighted by Gasteiger charge is 2.23. The number of amides is 2. The second kappa shape index (κ2) is 8.45. The Labute approximate surface area is 149 Å². The van der Waals surface area contributed by atoms with Gasteiger partial charge in [0.05, 0.1) is 0 Å². The summed E-state index contributed by atoms with van der Waals surface area (Å²) in [5.74, 6) is -0.0917. The van der Waals surface area contributed by atoms with E-state index in [1.54, 1.807) is 0 Å². The molecule has 2 aliphatic heterocycles. The van der Waals surface area contributed by atoms with E-state index in [-0.39, 0.29) is 17.7 Å². The number of hydrogen-bond acceptors (Lipinski definition) is 4. The van der Waals surface area contributed by atoms with Crippen LogP contribution in [0.1, 0.15) is 37.7 Å². The van der Waals surface area contributed by atoms with E-state index in [0.29, 0.717) is 12.5 Å². The fraction of sp³-hybridized carbons (Fsp3) is 0.579. The Morgan fingerprint density at radius 3 is 2.72 bits per heavy atom. The van der Waals surface area contributed by atoms with E-state index < -0.39 is 0 Å². The fourth-order valence-corrected chi connectivity index (χ4v) is 3.75. The molecule has 6 heteroatoms. The molecule has 25 heavy (non-hydrogen) atoms. The van der Waals surface area contributed by atoms with Crippen molar-refractivity contribution in [3.05, 3.63) is 29.8 Å². The van der Waals surface area contributed by atoms with Crippen LogP contribution in [0.3, 0.4) is 0 Å². The summed E-state index contributed by atoms with van der Waals surface area (Å²) in [4.78, 5) is 25.7. The van der Waals surface area contributed by atoms with Gasteiger partial charge < -0.3 is 16.4 Å². The number of benzene rings is 1. The monoisotopic (exact) mass is 344 g/mol. The zero-order valence-corrected chi connectivity index (χ0v) is 14.7. The zero-order chi connectivity index (χ0) is 17.6. The molecule has 0 radical (unpaired) electrons. The van der Waals surface area contributed by atoms with Crippen LogP contribution in [0.4, 0.5) is 5.69 Å². The third-order valence-electron chi connectivity index (χ3n) is 5.20. The van der Waals surface area contributed by atoms with Crippen molar-refractivity contribution < 1.29 is 9.59 Å². The third-order valence-corrected chi connectivity index (χ3v) is 5.20.